The van der Waals surface area contributed by atoms with Gasteiger partial charge in [-0.1, -0.05) is 42.5 Å². The third-order valence-electron chi connectivity index (χ3n) is 5.58. The Balaban J connectivity index is 1.38. The first-order valence-corrected chi connectivity index (χ1v) is 9.28. The number of hydrogen-bond donors (Lipinski definition) is 1. The lowest BCUT2D eigenvalue weighted by Crippen LogP contribution is -2.68. The van der Waals surface area contributed by atoms with E-state index in [1.54, 1.807) is 0 Å². The molecule has 0 aliphatic carbocycles. The van der Waals surface area contributed by atoms with Crippen molar-refractivity contribution in [2.75, 3.05) is 13.1 Å². The fourth-order valence-corrected chi connectivity index (χ4v) is 4.06. The molecule has 0 unspecified atom stereocenters. The van der Waals surface area contributed by atoms with Gasteiger partial charge in [-0.3, -0.25) is 9.59 Å². The maximum absolute atomic E-state index is 12.8. The van der Waals surface area contributed by atoms with Crippen molar-refractivity contribution in [1.82, 2.24) is 10.2 Å². The summed E-state index contributed by atoms with van der Waals surface area (Å²) in [6.45, 7) is 3.27. The molecule has 26 heavy (non-hydrogen) atoms. The van der Waals surface area contributed by atoms with Gasteiger partial charge in [-0.25, -0.2) is 0 Å². The first-order valence-electron chi connectivity index (χ1n) is 9.28. The summed E-state index contributed by atoms with van der Waals surface area (Å²) in [6, 6.07) is 16.6. The second kappa shape index (κ2) is 6.60. The van der Waals surface area contributed by atoms with Gasteiger partial charge in [0.25, 0.3) is 5.91 Å². The van der Waals surface area contributed by atoms with Gasteiger partial charge in [0.15, 0.2) is 0 Å². The number of carbonyl (C=O) groups is 2. The Morgan fingerprint density at radius 1 is 1.08 bits per heavy atom. The minimum absolute atomic E-state index is 0.0730. The molecule has 134 valence electrons. The molecule has 2 saturated heterocycles. The average molecular weight is 348 g/mol. The summed E-state index contributed by atoms with van der Waals surface area (Å²) >= 11 is 0. The maximum Gasteiger partial charge on any atom is 0.254 e. The summed E-state index contributed by atoms with van der Waals surface area (Å²) in [5.41, 5.74) is 4.22. The minimum Gasteiger partial charge on any atom is -0.347 e. The Kier molecular flexibility index (Phi) is 4.27. The molecule has 4 rings (SSSR count). The van der Waals surface area contributed by atoms with E-state index in [0.717, 1.165) is 30.4 Å². The topological polar surface area (TPSA) is 49.4 Å². The van der Waals surface area contributed by atoms with E-state index < -0.39 is 0 Å². The van der Waals surface area contributed by atoms with E-state index >= 15 is 0 Å². The van der Waals surface area contributed by atoms with Crippen molar-refractivity contribution >= 4 is 11.8 Å². The largest absolute Gasteiger partial charge is 0.347 e. The van der Waals surface area contributed by atoms with Gasteiger partial charge in [-0.05, 0) is 48.9 Å². The number of carbonyl (C=O) groups excluding carboxylic acids is 2. The van der Waals surface area contributed by atoms with E-state index in [9.17, 15) is 9.59 Å². The molecule has 0 aromatic heterocycles. The van der Waals surface area contributed by atoms with Crippen molar-refractivity contribution in [2.24, 2.45) is 0 Å². The van der Waals surface area contributed by atoms with Crippen LogP contribution in [-0.4, -0.2) is 35.3 Å². The summed E-state index contributed by atoms with van der Waals surface area (Å²) in [6.07, 6.45) is 3.39. The molecule has 2 aliphatic heterocycles. The number of nitrogens with one attached hydrogen (secondary N) is 1. The van der Waals surface area contributed by atoms with Gasteiger partial charge in [0.2, 0.25) is 5.91 Å². The molecule has 1 N–H and O–H groups in total. The lowest BCUT2D eigenvalue weighted by atomic mass is 9.87. The van der Waals surface area contributed by atoms with E-state index in [1.807, 2.05) is 24.0 Å². The second-order valence-electron chi connectivity index (χ2n) is 7.62. The fraction of sp³-hybridized carbons (Fsp3) is 0.364. The highest BCUT2D eigenvalue weighted by atomic mass is 16.2. The van der Waals surface area contributed by atoms with E-state index in [-0.39, 0.29) is 17.4 Å². The zero-order chi connectivity index (χ0) is 18.1. The number of hydrogen-bond acceptors (Lipinski definition) is 2. The molecule has 2 aromatic carbocycles. The molecule has 1 spiro atoms. The third kappa shape index (κ3) is 3.24. The quantitative estimate of drug-likeness (QED) is 0.924. The van der Waals surface area contributed by atoms with E-state index in [2.05, 4.69) is 41.7 Å². The van der Waals surface area contributed by atoms with Crippen molar-refractivity contribution in [3.63, 3.8) is 0 Å². The molecule has 2 heterocycles. The molecule has 0 saturated carbocycles. The molecule has 2 aromatic rings. The highest BCUT2D eigenvalue weighted by molar-refractivity contribution is 5.96. The molecule has 0 atom stereocenters. The van der Waals surface area contributed by atoms with Crippen molar-refractivity contribution in [2.45, 2.75) is 38.1 Å². The third-order valence-corrected chi connectivity index (χ3v) is 5.58. The fourth-order valence-electron chi connectivity index (χ4n) is 4.06. The van der Waals surface area contributed by atoms with Crippen LogP contribution >= 0.6 is 0 Å². The van der Waals surface area contributed by atoms with Crippen molar-refractivity contribution in [3.05, 3.63) is 70.8 Å². The molecular formula is C22H24N2O2. The van der Waals surface area contributed by atoms with Gasteiger partial charge < -0.3 is 10.2 Å². The van der Waals surface area contributed by atoms with Crippen LogP contribution in [0.3, 0.4) is 0 Å². The van der Waals surface area contributed by atoms with Gasteiger partial charge in [-0.2, -0.15) is 0 Å². The Morgan fingerprint density at radius 3 is 2.46 bits per heavy atom. The van der Waals surface area contributed by atoms with Crippen LogP contribution in [-0.2, 0) is 17.6 Å². The van der Waals surface area contributed by atoms with Crippen LogP contribution in [0.4, 0.5) is 0 Å². The Labute approximate surface area is 154 Å². The van der Waals surface area contributed by atoms with Gasteiger partial charge >= 0.3 is 0 Å². The molecular weight excluding hydrogens is 324 g/mol. The number of likely N-dealkylation sites (tertiary alicyclic amines) is 1. The number of rotatable bonds is 4. The lowest BCUT2D eigenvalue weighted by Gasteiger charge is -2.47. The van der Waals surface area contributed by atoms with Gasteiger partial charge in [0.1, 0.15) is 0 Å². The van der Waals surface area contributed by atoms with Crippen molar-refractivity contribution < 1.29 is 9.59 Å². The Hall–Kier alpha value is -2.62. The number of amides is 2. The van der Waals surface area contributed by atoms with Crippen molar-refractivity contribution in [3.8, 4) is 0 Å². The summed E-state index contributed by atoms with van der Waals surface area (Å²) in [7, 11) is 0. The monoisotopic (exact) mass is 348 g/mol. The van der Waals surface area contributed by atoms with Crippen molar-refractivity contribution in [1.29, 1.82) is 0 Å². The molecule has 2 aliphatic rings. The van der Waals surface area contributed by atoms with Crippen LogP contribution in [0.25, 0.3) is 0 Å². The van der Waals surface area contributed by atoms with E-state index in [4.69, 9.17) is 0 Å². The predicted molar refractivity (Wildman–Crippen MR) is 101 cm³/mol. The maximum atomic E-state index is 12.8. The smallest absolute Gasteiger partial charge is 0.254 e. The summed E-state index contributed by atoms with van der Waals surface area (Å²) < 4.78 is 0. The van der Waals surface area contributed by atoms with Gasteiger partial charge in [0.05, 0.1) is 5.54 Å². The zero-order valence-corrected chi connectivity index (χ0v) is 15.1. The summed E-state index contributed by atoms with van der Waals surface area (Å²) in [4.78, 5) is 26.1. The number of nitrogens with zero attached hydrogens (tertiary/aromatic N) is 1. The number of benzene rings is 2. The van der Waals surface area contributed by atoms with E-state index in [1.165, 1.54) is 11.1 Å². The Bertz CT molecular complexity index is 838. The molecule has 0 radical (unpaired) electrons. The SMILES string of the molecule is Cc1cc(CCc2ccccc2)ccc1C(=O)N1CC2(CCC(=O)N2)C1. The summed E-state index contributed by atoms with van der Waals surface area (Å²) in [5.74, 6) is 0.180. The second-order valence-corrected chi connectivity index (χ2v) is 7.62. The molecule has 4 nitrogen and oxygen atoms in total. The van der Waals surface area contributed by atoms with Crippen LogP contribution in [0.1, 0.15) is 39.9 Å². The van der Waals surface area contributed by atoms with E-state index in [0.29, 0.717) is 19.5 Å². The van der Waals surface area contributed by atoms with Crippen LogP contribution < -0.4 is 5.32 Å². The minimum atomic E-state index is -0.156. The van der Waals surface area contributed by atoms with Crippen LogP contribution in [0, 0.1) is 6.92 Å². The normalized spacial score (nSPS) is 17.9. The van der Waals surface area contributed by atoms with Crippen LogP contribution in [0.15, 0.2) is 48.5 Å². The lowest BCUT2D eigenvalue weighted by molar-refractivity contribution is -0.120. The van der Waals surface area contributed by atoms with Crippen LogP contribution in [0.5, 0.6) is 0 Å². The average Bonchev–Trinajstić information content (AvgIpc) is 3.01. The number of aryl methyl sites for hydroxylation is 3. The first-order chi connectivity index (χ1) is 12.5. The molecule has 2 amide bonds. The standard InChI is InChI=1S/C22H24N2O2/c1-16-13-18(8-7-17-5-3-2-4-6-17)9-10-19(16)21(26)24-14-22(15-24)12-11-20(25)23-22/h2-6,9-10,13H,7-8,11-12,14-15H2,1H3,(H,23,25). The molecule has 0 bridgehead atoms. The van der Waals surface area contributed by atoms with Gasteiger partial charge in [0, 0.05) is 25.1 Å². The highest BCUT2D eigenvalue weighted by Crippen LogP contribution is 2.32. The summed E-state index contributed by atoms with van der Waals surface area (Å²) in [5, 5.41) is 3.03. The molecule has 4 heteroatoms. The van der Waals surface area contributed by atoms with Crippen LogP contribution in [0.2, 0.25) is 0 Å². The Morgan fingerprint density at radius 2 is 1.81 bits per heavy atom. The molecule has 2 fully saturated rings. The predicted octanol–water partition coefficient (Wildman–Crippen LogP) is 2.88. The first kappa shape index (κ1) is 16.8. The van der Waals surface area contributed by atoms with Gasteiger partial charge in [-0.15, -0.1) is 0 Å². The highest BCUT2D eigenvalue weighted by Gasteiger charge is 2.49. The zero-order valence-electron chi connectivity index (χ0n) is 15.1.